The third-order valence-corrected chi connectivity index (χ3v) is 3.81. The Morgan fingerprint density at radius 1 is 1.00 bits per heavy atom. The fourth-order valence-corrected chi connectivity index (χ4v) is 2.51. The largest absolute Gasteiger partial charge is 0.493 e. The summed E-state index contributed by atoms with van der Waals surface area (Å²) in [6, 6.07) is 8.11. The second-order valence-electron chi connectivity index (χ2n) is 5.82. The van der Waals surface area contributed by atoms with Crippen molar-refractivity contribution in [2.45, 2.75) is 71.1 Å². The smallest absolute Gasteiger partial charge is 0.303 e. The third-order valence-electron chi connectivity index (χ3n) is 3.81. The van der Waals surface area contributed by atoms with Crippen molar-refractivity contribution in [3.8, 4) is 5.75 Å². The molecule has 0 radical (unpaired) electrons. The minimum atomic E-state index is -0.715. The molecule has 0 saturated carbocycles. The van der Waals surface area contributed by atoms with Gasteiger partial charge in [-0.05, 0) is 37.3 Å². The van der Waals surface area contributed by atoms with Gasteiger partial charge in [-0.25, -0.2) is 0 Å². The van der Waals surface area contributed by atoms with E-state index in [9.17, 15) is 4.79 Å². The van der Waals surface area contributed by atoms with E-state index in [1.165, 1.54) is 37.7 Å². The molecule has 0 unspecified atom stereocenters. The normalized spacial score (nSPS) is 10.6. The van der Waals surface area contributed by atoms with Gasteiger partial charge in [-0.1, -0.05) is 57.2 Å². The van der Waals surface area contributed by atoms with Gasteiger partial charge in [0.1, 0.15) is 5.75 Å². The molecular weight excluding hydrogens is 276 g/mol. The molecule has 124 valence electrons. The molecule has 1 N–H and O–H groups in total. The molecule has 0 aliphatic rings. The molecule has 0 amide bonds. The average molecular weight is 306 g/mol. The van der Waals surface area contributed by atoms with Crippen molar-refractivity contribution in [2.75, 3.05) is 6.61 Å². The van der Waals surface area contributed by atoms with E-state index in [1.54, 1.807) is 0 Å². The lowest BCUT2D eigenvalue weighted by atomic mass is 10.1. The van der Waals surface area contributed by atoms with Gasteiger partial charge in [0.05, 0.1) is 6.61 Å². The monoisotopic (exact) mass is 306 g/mol. The van der Waals surface area contributed by atoms with Crippen molar-refractivity contribution >= 4 is 5.97 Å². The van der Waals surface area contributed by atoms with Crippen molar-refractivity contribution in [2.24, 2.45) is 0 Å². The quantitative estimate of drug-likeness (QED) is 0.508. The first-order valence-electron chi connectivity index (χ1n) is 8.66. The van der Waals surface area contributed by atoms with E-state index in [-0.39, 0.29) is 6.42 Å². The molecule has 0 fully saturated rings. The lowest BCUT2D eigenvalue weighted by Crippen LogP contribution is -2.01. The number of hydrogen-bond acceptors (Lipinski definition) is 2. The van der Waals surface area contributed by atoms with Gasteiger partial charge in [0.2, 0.25) is 0 Å². The lowest BCUT2D eigenvalue weighted by Gasteiger charge is -2.11. The molecule has 0 saturated heterocycles. The Balaban J connectivity index is 2.23. The molecule has 0 atom stereocenters. The molecule has 0 aromatic heterocycles. The summed E-state index contributed by atoms with van der Waals surface area (Å²) >= 11 is 0. The van der Waals surface area contributed by atoms with Gasteiger partial charge in [0.25, 0.3) is 0 Å². The first-order chi connectivity index (χ1) is 10.7. The van der Waals surface area contributed by atoms with Crippen LogP contribution in [0.2, 0.25) is 0 Å². The van der Waals surface area contributed by atoms with E-state index in [1.807, 2.05) is 18.2 Å². The number of hydrogen-bond donors (Lipinski definition) is 1. The molecule has 0 spiro atoms. The van der Waals surface area contributed by atoms with E-state index in [2.05, 4.69) is 13.0 Å². The zero-order valence-electron chi connectivity index (χ0n) is 13.9. The van der Waals surface area contributed by atoms with Crippen molar-refractivity contribution in [3.05, 3.63) is 29.8 Å². The van der Waals surface area contributed by atoms with Crippen LogP contribution in [0.1, 0.15) is 70.3 Å². The predicted octanol–water partition coefficient (Wildman–Crippen LogP) is 5.22. The maximum atomic E-state index is 10.5. The van der Waals surface area contributed by atoms with Crippen LogP contribution in [-0.4, -0.2) is 17.7 Å². The van der Waals surface area contributed by atoms with Crippen LogP contribution in [0.5, 0.6) is 5.75 Å². The topological polar surface area (TPSA) is 46.5 Å². The highest BCUT2D eigenvalue weighted by molar-refractivity contribution is 5.66. The molecule has 0 aliphatic heterocycles. The molecule has 0 bridgehead atoms. The van der Waals surface area contributed by atoms with E-state index in [0.717, 1.165) is 38.0 Å². The van der Waals surface area contributed by atoms with Gasteiger partial charge < -0.3 is 9.84 Å². The van der Waals surface area contributed by atoms with Gasteiger partial charge >= 0.3 is 5.97 Å². The van der Waals surface area contributed by atoms with Gasteiger partial charge in [-0.3, -0.25) is 4.79 Å². The number of ether oxygens (including phenoxy) is 1. The second kappa shape index (κ2) is 12.1. The SMILES string of the molecule is CCCCCCCCOc1ccccc1CCCCC(=O)O. The van der Waals surface area contributed by atoms with Crippen LogP contribution in [0.3, 0.4) is 0 Å². The number of carboxylic acids is 1. The Kier molecular flexibility index (Phi) is 10.2. The van der Waals surface area contributed by atoms with Crippen molar-refractivity contribution in [1.82, 2.24) is 0 Å². The zero-order valence-corrected chi connectivity index (χ0v) is 13.9. The van der Waals surface area contributed by atoms with Crippen LogP contribution < -0.4 is 4.74 Å². The molecule has 3 heteroatoms. The first-order valence-corrected chi connectivity index (χ1v) is 8.66. The Morgan fingerprint density at radius 3 is 2.50 bits per heavy atom. The maximum Gasteiger partial charge on any atom is 0.303 e. The van der Waals surface area contributed by atoms with Crippen LogP contribution in [0.25, 0.3) is 0 Å². The van der Waals surface area contributed by atoms with Crippen LogP contribution in [-0.2, 0) is 11.2 Å². The molecule has 1 aromatic carbocycles. The van der Waals surface area contributed by atoms with E-state index in [4.69, 9.17) is 9.84 Å². The number of aliphatic carboxylic acids is 1. The van der Waals surface area contributed by atoms with Crippen molar-refractivity contribution in [1.29, 1.82) is 0 Å². The molecule has 1 aromatic rings. The maximum absolute atomic E-state index is 10.5. The minimum Gasteiger partial charge on any atom is -0.493 e. The summed E-state index contributed by atoms with van der Waals surface area (Å²) in [5, 5.41) is 8.66. The lowest BCUT2D eigenvalue weighted by molar-refractivity contribution is -0.137. The number of aryl methyl sites for hydroxylation is 1. The van der Waals surface area contributed by atoms with E-state index >= 15 is 0 Å². The van der Waals surface area contributed by atoms with Gasteiger partial charge in [0, 0.05) is 6.42 Å². The molecular formula is C19H30O3. The summed E-state index contributed by atoms with van der Waals surface area (Å²) in [4.78, 5) is 10.5. The summed E-state index contributed by atoms with van der Waals surface area (Å²) in [6.07, 6.45) is 10.3. The highest BCUT2D eigenvalue weighted by Crippen LogP contribution is 2.21. The van der Waals surface area contributed by atoms with E-state index in [0.29, 0.717) is 0 Å². The summed E-state index contributed by atoms with van der Waals surface area (Å²) in [5.74, 6) is 0.249. The fourth-order valence-electron chi connectivity index (χ4n) is 2.51. The zero-order chi connectivity index (χ0) is 16.0. The molecule has 0 heterocycles. The van der Waals surface area contributed by atoms with Crippen LogP contribution in [0.4, 0.5) is 0 Å². The fraction of sp³-hybridized carbons (Fsp3) is 0.632. The van der Waals surface area contributed by atoms with Crippen LogP contribution in [0, 0.1) is 0 Å². The van der Waals surface area contributed by atoms with Crippen molar-refractivity contribution in [3.63, 3.8) is 0 Å². The number of para-hydroxylation sites is 1. The Morgan fingerprint density at radius 2 is 1.73 bits per heavy atom. The number of unbranched alkanes of at least 4 members (excludes halogenated alkanes) is 6. The minimum absolute atomic E-state index is 0.251. The molecule has 1 rings (SSSR count). The second-order valence-corrected chi connectivity index (χ2v) is 5.82. The number of benzene rings is 1. The molecule has 22 heavy (non-hydrogen) atoms. The third kappa shape index (κ3) is 8.71. The number of carbonyl (C=O) groups is 1. The standard InChI is InChI=1S/C19H30O3/c1-2-3-4-5-6-11-16-22-18-14-9-7-12-17(18)13-8-10-15-19(20)21/h7,9,12,14H,2-6,8,10-11,13,15-16H2,1H3,(H,20,21). The highest BCUT2D eigenvalue weighted by atomic mass is 16.5. The highest BCUT2D eigenvalue weighted by Gasteiger charge is 2.04. The van der Waals surface area contributed by atoms with Crippen molar-refractivity contribution < 1.29 is 14.6 Å². The summed E-state index contributed by atoms with van der Waals surface area (Å²) in [5.41, 5.74) is 1.19. The summed E-state index contributed by atoms with van der Waals surface area (Å²) in [7, 11) is 0. The molecule has 3 nitrogen and oxygen atoms in total. The predicted molar refractivity (Wildman–Crippen MR) is 90.5 cm³/mol. The van der Waals surface area contributed by atoms with Crippen LogP contribution in [0.15, 0.2) is 24.3 Å². The Hall–Kier alpha value is -1.51. The summed E-state index contributed by atoms with van der Waals surface area (Å²) in [6.45, 7) is 3.01. The Bertz CT molecular complexity index is 415. The van der Waals surface area contributed by atoms with Gasteiger partial charge in [-0.2, -0.15) is 0 Å². The Labute approximate surface area is 134 Å². The average Bonchev–Trinajstić information content (AvgIpc) is 2.51. The van der Waals surface area contributed by atoms with Crippen LogP contribution >= 0.6 is 0 Å². The number of rotatable bonds is 13. The molecule has 0 aliphatic carbocycles. The first kappa shape index (κ1) is 18.5. The number of carboxylic acid groups (broad SMARTS) is 1. The van der Waals surface area contributed by atoms with Gasteiger partial charge in [-0.15, -0.1) is 0 Å². The van der Waals surface area contributed by atoms with E-state index < -0.39 is 5.97 Å². The van der Waals surface area contributed by atoms with Gasteiger partial charge in [0.15, 0.2) is 0 Å². The summed E-state index contributed by atoms with van der Waals surface area (Å²) < 4.78 is 5.91.